The van der Waals surface area contributed by atoms with Crippen LogP contribution in [0.2, 0.25) is 0 Å². The molecular weight excluding hydrogens is 160 g/mol. The third-order valence-corrected chi connectivity index (χ3v) is 1.04. The Balaban J connectivity index is 3.25. The first kappa shape index (κ1) is 10.9. The first-order chi connectivity index (χ1) is 5.66. The van der Waals surface area contributed by atoms with Gasteiger partial charge in [0.1, 0.15) is 0 Å². The number of nitrogens with one attached hydrogen (secondary N) is 1. The van der Waals surface area contributed by atoms with Crippen molar-refractivity contribution in [3.8, 4) is 0 Å². The number of rotatable bonds is 6. The van der Waals surface area contributed by atoms with Gasteiger partial charge >= 0.3 is 5.97 Å². The molecule has 0 aliphatic rings. The molecule has 0 aromatic carbocycles. The number of carbonyl (C=O) groups excluding carboxylic acids is 2. The van der Waals surface area contributed by atoms with E-state index in [1.165, 1.54) is 0 Å². The number of hydrogen-bond donors (Lipinski definition) is 2. The highest BCUT2D eigenvalue weighted by molar-refractivity contribution is 5.77. The number of amides is 1. The van der Waals surface area contributed by atoms with Crippen molar-refractivity contribution >= 4 is 11.9 Å². The fourth-order valence-electron chi connectivity index (χ4n) is 0.555. The van der Waals surface area contributed by atoms with Crippen LogP contribution in [0.3, 0.4) is 0 Å². The van der Waals surface area contributed by atoms with Crippen molar-refractivity contribution in [3.63, 3.8) is 0 Å². The molecule has 3 N–H and O–H groups in total. The van der Waals surface area contributed by atoms with Crippen molar-refractivity contribution in [1.82, 2.24) is 5.32 Å². The average Bonchev–Trinajstić information content (AvgIpc) is 2.00. The van der Waals surface area contributed by atoms with E-state index in [0.717, 1.165) is 6.42 Å². The zero-order chi connectivity index (χ0) is 9.40. The number of esters is 1. The molecule has 0 heterocycles. The molecule has 0 bridgehead atoms. The van der Waals surface area contributed by atoms with Gasteiger partial charge in [0.05, 0.1) is 19.7 Å². The molecule has 0 fully saturated rings. The maximum absolute atomic E-state index is 10.7. The predicted molar refractivity (Wildman–Crippen MR) is 43.3 cm³/mol. The van der Waals surface area contributed by atoms with Crippen molar-refractivity contribution in [2.45, 2.75) is 13.3 Å². The van der Waals surface area contributed by atoms with Crippen LogP contribution in [0.15, 0.2) is 0 Å². The normalized spacial score (nSPS) is 9.42. The Morgan fingerprint density at radius 1 is 1.42 bits per heavy atom. The fraction of sp³-hybridized carbons (Fsp3) is 0.714. The summed E-state index contributed by atoms with van der Waals surface area (Å²) in [5.74, 6) is -0.851. The zero-order valence-corrected chi connectivity index (χ0v) is 7.13. The van der Waals surface area contributed by atoms with Gasteiger partial charge in [0.2, 0.25) is 5.91 Å². The molecule has 1 amide bonds. The van der Waals surface area contributed by atoms with E-state index >= 15 is 0 Å². The summed E-state index contributed by atoms with van der Waals surface area (Å²) < 4.78 is 4.72. The van der Waals surface area contributed by atoms with Gasteiger partial charge < -0.3 is 10.5 Å². The second kappa shape index (κ2) is 6.60. The van der Waals surface area contributed by atoms with Crippen LogP contribution in [0.1, 0.15) is 13.3 Å². The smallest absolute Gasteiger partial charge is 0.319 e. The average molecular weight is 174 g/mol. The lowest BCUT2D eigenvalue weighted by molar-refractivity contribution is -0.142. The molecule has 0 saturated heterocycles. The number of primary amides is 1. The maximum Gasteiger partial charge on any atom is 0.319 e. The lowest BCUT2D eigenvalue weighted by Crippen LogP contribution is -2.33. The molecule has 5 heteroatoms. The molecule has 0 saturated carbocycles. The highest BCUT2D eigenvalue weighted by Gasteiger charge is 2.01. The van der Waals surface area contributed by atoms with Crippen molar-refractivity contribution < 1.29 is 14.3 Å². The minimum absolute atomic E-state index is 0.00122. The van der Waals surface area contributed by atoms with Crippen LogP contribution in [0.4, 0.5) is 0 Å². The summed E-state index contributed by atoms with van der Waals surface area (Å²) in [5, 5.41) is 2.54. The van der Waals surface area contributed by atoms with Crippen molar-refractivity contribution in [1.29, 1.82) is 0 Å². The van der Waals surface area contributed by atoms with E-state index in [1.807, 2.05) is 6.92 Å². The molecule has 5 nitrogen and oxygen atoms in total. The largest absolute Gasteiger partial charge is 0.465 e. The van der Waals surface area contributed by atoms with Gasteiger partial charge in [-0.1, -0.05) is 6.92 Å². The third-order valence-electron chi connectivity index (χ3n) is 1.04. The summed E-state index contributed by atoms with van der Waals surface area (Å²) in [4.78, 5) is 20.9. The molecule has 70 valence electrons. The van der Waals surface area contributed by atoms with Gasteiger partial charge in [0.25, 0.3) is 0 Å². The van der Waals surface area contributed by atoms with Gasteiger partial charge in [-0.3, -0.25) is 14.9 Å². The summed E-state index contributed by atoms with van der Waals surface area (Å²) in [6.07, 6.45) is 0.793. The van der Waals surface area contributed by atoms with Gasteiger partial charge in [-0.25, -0.2) is 0 Å². The summed E-state index contributed by atoms with van der Waals surface area (Å²) in [7, 11) is 0. The first-order valence-corrected chi connectivity index (χ1v) is 3.81. The van der Waals surface area contributed by atoms with Gasteiger partial charge in [0.15, 0.2) is 0 Å². The Bertz CT molecular complexity index is 159. The monoisotopic (exact) mass is 174 g/mol. The number of nitrogens with two attached hydrogens (primary N) is 1. The van der Waals surface area contributed by atoms with Crippen molar-refractivity contribution in [3.05, 3.63) is 0 Å². The predicted octanol–water partition coefficient (Wildman–Crippen LogP) is -0.985. The summed E-state index contributed by atoms with van der Waals surface area (Å²) >= 11 is 0. The Kier molecular flexibility index (Phi) is 6.00. The molecule has 0 aromatic heterocycles. The molecule has 12 heavy (non-hydrogen) atoms. The van der Waals surface area contributed by atoms with Gasteiger partial charge in [-0.15, -0.1) is 0 Å². The second-order valence-electron chi connectivity index (χ2n) is 2.29. The van der Waals surface area contributed by atoms with Crippen LogP contribution in [-0.2, 0) is 14.3 Å². The lowest BCUT2D eigenvalue weighted by Gasteiger charge is -2.02. The van der Waals surface area contributed by atoms with E-state index in [9.17, 15) is 9.59 Å². The molecular formula is C7H14N2O3. The standard InChI is InChI=1S/C7H14N2O3/c1-2-3-12-7(11)5-9-4-6(8)10/h9H,2-5H2,1H3,(H2,8,10). The topological polar surface area (TPSA) is 81.4 Å². The highest BCUT2D eigenvalue weighted by atomic mass is 16.5. The molecule has 0 aliphatic heterocycles. The van der Waals surface area contributed by atoms with E-state index in [1.54, 1.807) is 0 Å². The highest BCUT2D eigenvalue weighted by Crippen LogP contribution is 1.80. The lowest BCUT2D eigenvalue weighted by atomic mass is 10.5. The Morgan fingerprint density at radius 3 is 2.58 bits per heavy atom. The van der Waals surface area contributed by atoms with E-state index in [4.69, 9.17) is 10.5 Å². The van der Waals surface area contributed by atoms with Gasteiger partial charge in [0, 0.05) is 0 Å². The van der Waals surface area contributed by atoms with Crippen LogP contribution in [0, 0.1) is 0 Å². The van der Waals surface area contributed by atoms with Gasteiger partial charge in [-0.2, -0.15) is 0 Å². The molecule has 0 rings (SSSR count). The fourth-order valence-corrected chi connectivity index (χ4v) is 0.555. The molecule has 0 atom stereocenters. The second-order valence-corrected chi connectivity index (χ2v) is 2.29. The summed E-state index contributed by atoms with van der Waals surface area (Å²) in [5.41, 5.74) is 4.83. The molecule has 0 aromatic rings. The Labute approximate surface area is 71.3 Å². The third kappa shape index (κ3) is 7.01. The van der Waals surface area contributed by atoms with Crippen LogP contribution in [0.25, 0.3) is 0 Å². The first-order valence-electron chi connectivity index (χ1n) is 3.81. The SMILES string of the molecule is CCCOC(=O)CNCC(N)=O. The van der Waals surface area contributed by atoms with Crippen LogP contribution in [0.5, 0.6) is 0 Å². The van der Waals surface area contributed by atoms with E-state index in [0.29, 0.717) is 6.61 Å². The van der Waals surface area contributed by atoms with E-state index in [-0.39, 0.29) is 19.1 Å². The van der Waals surface area contributed by atoms with Crippen LogP contribution >= 0.6 is 0 Å². The molecule has 0 aliphatic carbocycles. The Hall–Kier alpha value is -1.10. The van der Waals surface area contributed by atoms with Crippen LogP contribution < -0.4 is 11.1 Å². The summed E-state index contributed by atoms with van der Waals surface area (Å²) in [6, 6.07) is 0. The summed E-state index contributed by atoms with van der Waals surface area (Å²) in [6.45, 7) is 2.35. The minimum atomic E-state index is -0.488. The number of hydrogen-bond acceptors (Lipinski definition) is 4. The van der Waals surface area contributed by atoms with Crippen molar-refractivity contribution in [2.24, 2.45) is 5.73 Å². The van der Waals surface area contributed by atoms with E-state index in [2.05, 4.69) is 5.32 Å². The quantitative estimate of drug-likeness (QED) is 0.507. The van der Waals surface area contributed by atoms with Crippen molar-refractivity contribution in [2.75, 3.05) is 19.7 Å². The van der Waals surface area contributed by atoms with Crippen LogP contribution in [-0.4, -0.2) is 31.6 Å². The molecule has 0 spiro atoms. The van der Waals surface area contributed by atoms with Gasteiger partial charge in [-0.05, 0) is 6.42 Å². The number of carbonyl (C=O) groups is 2. The molecule has 0 radical (unpaired) electrons. The zero-order valence-electron chi connectivity index (χ0n) is 7.13. The Morgan fingerprint density at radius 2 is 2.08 bits per heavy atom. The van der Waals surface area contributed by atoms with E-state index < -0.39 is 5.91 Å². The molecule has 0 unspecified atom stereocenters. The minimum Gasteiger partial charge on any atom is -0.465 e. The maximum atomic E-state index is 10.7. The number of ether oxygens (including phenoxy) is 1.